The largest absolute Gasteiger partial charge is 0.490 e. The molecule has 0 amide bonds. The van der Waals surface area contributed by atoms with Gasteiger partial charge in [-0.25, -0.2) is 0 Å². The van der Waals surface area contributed by atoms with Gasteiger partial charge in [0.05, 0.1) is 17.6 Å². The third kappa shape index (κ3) is 4.42. The van der Waals surface area contributed by atoms with Crippen LogP contribution in [0.15, 0.2) is 72.8 Å². The molecule has 1 aliphatic rings. The molecule has 0 aromatic heterocycles. The lowest BCUT2D eigenvalue weighted by Crippen LogP contribution is -2.38. The maximum atomic E-state index is 12.7. The van der Waals surface area contributed by atoms with Gasteiger partial charge in [-0.05, 0) is 48.4 Å². The monoisotopic (exact) mass is 425 g/mol. The highest BCUT2D eigenvalue weighted by Crippen LogP contribution is 2.26. The van der Waals surface area contributed by atoms with Gasteiger partial charge in [0.15, 0.2) is 5.78 Å². The van der Waals surface area contributed by atoms with Crippen molar-refractivity contribution in [1.82, 2.24) is 0 Å². The number of nitrogens with zero attached hydrogens (tertiary/aromatic N) is 1. The molecular formula is C26H19NO5. The first-order valence-corrected chi connectivity index (χ1v) is 10.1. The highest BCUT2D eigenvalue weighted by atomic mass is 16.5. The molecule has 32 heavy (non-hydrogen) atoms. The number of hydrogen-bond acceptors (Lipinski definition) is 6. The summed E-state index contributed by atoms with van der Waals surface area (Å²) in [6.45, 7) is 0.657. The summed E-state index contributed by atoms with van der Waals surface area (Å²) in [5.41, 5.74) is 1.83. The second-order valence-electron chi connectivity index (χ2n) is 7.34. The highest BCUT2D eigenvalue weighted by Gasteiger charge is 2.39. The summed E-state index contributed by atoms with van der Waals surface area (Å²) < 4.78 is 11.2. The SMILES string of the molecule is N#Cc1ccc(OCCOc2ccc(CC3C(=O)C(=O)c4ccccc4C3=O)cc2)cc1. The zero-order valence-electron chi connectivity index (χ0n) is 17.1. The smallest absolute Gasteiger partial charge is 0.230 e. The van der Waals surface area contributed by atoms with E-state index >= 15 is 0 Å². The fraction of sp³-hybridized carbons (Fsp3) is 0.154. The van der Waals surface area contributed by atoms with Crippen molar-refractivity contribution in [2.45, 2.75) is 6.42 Å². The van der Waals surface area contributed by atoms with E-state index in [9.17, 15) is 14.4 Å². The Morgan fingerprint density at radius 2 is 1.28 bits per heavy atom. The molecule has 0 aliphatic heterocycles. The lowest BCUT2D eigenvalue weighted by molar-refractivity contribution is -0.117. The molecule has 4 rings (SSSR count). The molecule has 0 radical (unpaired) electrons. The molecule has 0 spiro atoms. The van der Waals surface area contributed by atoms with Crippen LogP contribution in [-0.2, 0) is 11.2 Å². The Balaban J connectivity index is 1.32. The molecule has 0 N–H and O–H groups in total. The number of ketones is 3. The first kappa shape index (κ1) is 21.0. The number of carbonyl (C=O) groups is 3. The van der Waals surface area contributed by atoms with Crippen LogP contribution >= 0.6 is 0 Å². The van der Waals surface area contributed by atoms with Crippen molar-refractivity contribution < 1.29 is 23.9 Å². The van der Waals surface area contributed by atoms with Crippen LogP contribution in [-0.4, -0.2) is 30.6 Å². The number of nitriles is 1. The van der Waals surface area contributed by atoms with Crippen molar-refractivity contribution >= 4 is 17.3 Å². The average molecular weight is 425 g/mol. The van der Waals surface area contributed by atoms with Crippen molar-refractivity contribution in [1.29, 1.82) is 5.26 Å². The molecule has 6 heteroatoms. The van der Waals surface area contributed by atoms with Gasteiger partial charge in [-0.3, -0.25) is 14.4 Å². The van der Waals surface area contributed by atoms with E-state index in [0.29, 0.717) is 35.8 Å². The molecule has 0 saturated carbocycles. The van der Waals surface area contributed by atoms with Gasteiger partial charge < -0.3 is 9.47 Å². The Kier molecular flexibility index (Phi) is 6.09. The van der Waals surface area contributed by atoms with Crippen LogP contribution in [0.5, 0.6) is 11.5 Å². The minimum Gasteiger partial charge on any atom is -0.490 e. The van der Waals surface area contributed by atoms with Crippen molar-refractivity contribution in [2.75, 3.05) is 13.2 Å². The minimum absolute atomic E-state index is 0.166. The van der Waals surface area contributed by atoms with E-state index in [2.05, 4.69) is 6.07 Å². The lowest BCUT2D eigenvalue weighted by Gasteiger charge is -2.21. The van der Waals surface area contributed by atoms with Gasteiger partial charge in [0.1, 0.15) is 24.7 Å². The normalized spacial score (nSPS) is 15.1. The van der Waals surface area contributed by atoms with Gasteiger partial charge in [0, 0.05) is 11.1 Å². The Morgan fingerprint density at radius 1 is 0.719 bits per heavy atom. The predicted octanol–water partition coefficient (Wildman–Crippen LogP) is 3.82. The van der Waals surface area contributed by atoms with Crippen LogP contribution in [0, 0.1) is 17.2 Å². The third-order valence-electron chi connectivity index (χ3n) is 5.26. The second-order valence-corrected chi connectivity index (χ2v) is 7.34. The molecule has 0 bridgehead atoms. The molecule has 0 heterocycles. The van der Waals surface area contributed by atoms with Gasteiger partial charge in [-0.15, -0.1) is 0 Å². The maximum Gasteiger partial charge on any atom is 0.230 e. The number of carbonyl (C=O) groups excluding carboxylic acids is 3. The van der Waals surface area contributed by atoms with E-state index in [1.165, 1.54) is 6.07 Å². The molecule has 158 valence electrons. The summed E-state index contributed by atoms with van der Waals surface area (Å²) in [5, 5.41) is 8.80. The maximum absolute atomic E-state index is 12.7. The molecular weight excluding hydrogens is 406 g/mol. The number of Topliss-reactive ketones (excluding diaryl/α,β-unsaturated/α-hetero) is 3. The van der Waals surface area contributed by atoms with Crippen molar-refractivity contribution in [3.8, 4) is 17.6 Å². The van der Waals surface area contributed by atoms with Crippen LogP contribution in [0.1, 0.15) is 31.8 Å². The van der Waals surface area contributed by atoms with Gasteiger partial charge in [0.25, 0.3) is 0 Å². The fourth-order valence-electron chi connectivity index (χ4n) is 3.58. The Bertz CT molecular complexity index is 1210. The third-order valence-corrected chi connectivity index (χ3v) is 5.26. The summed E-state index contributed by atoms with van der Waals surface area (Å²) in [7, 11) is 0. The van der Waals surface area contributed by atoms with E-state index < -0.39 is 17.5 Å². The highest BCUT2D eigenvalue weighted by molar-refractivity contribution is 6.51. The summed E-state index contributed by atoms with van der Waals surface area (Å²) in [6.07, 6.45) is 0.166. The first-order valence-electron chi connectivity index (χ1n) is 10.1. The van der Waals surface area contributed by atoms with Gasteiger partial charge in [0.2, 0.25) is 11.6 Å². The van der Waals surface area contributed by atoms with Gasteiger partial charge in [-0.1, -0.05) is 36.4 Å². The Morgan fingerprint density at radius 3 is 1.88 bits per heavy atom. The summed E-state index contributed by atoms with van der Waals surface area (Å²) in [4.78, 5) is 37.6. The zero-order chi connectivity index (χ0) is 22.5. The molecule has 1 unspecified atom stereocenters. The number of hydrogen-bond donors (Lipinski definition) is 0. The van der Waals surface area contributed by atoms with Crippen LogP contribution in [0.3, 0.4) is 0 Å². The summed E-state index contributed by atoms with van der Waals surface area (Å²) in [5.74, 6) is -1.29. The average Bonchev–Trinajstić information content (AvgIpc) is 2.84. The molecule has 0 saturated heterocycles. The topological polar surface area (TPSA) is 93.5 Å². The molecule has 1 atom stereocenters. The Hall–Kier alpha value is -4.24. The van der Waals surface area contributed by atoms with Crippen molar-refractivity contribution in [3.05, 3.63) is 95.1 Å². The van der Waals surface area contributed by atoms with Crippen molar-refractivity contribution in [2.24, 2.45) is 5.92 Å². The summed E-state index contributed by atoms with van der Waals surface area (Å²) in [6, 6.07) is 22.4. The Labute approximate surface area is 185 Å². The zero-order valence-corrected chi connectivity index (χ0v) is 17.1. The van der Waals surface area contributed by atoms with Crippen LogP contribution in [0.2, 0.25) is 0 Å². The molecule has 3 aromatic carbocycles. The predicted molar refractivity (Wildman–Crippen MR) is 116 cm³/mol. The minimum atomic E-state index is -0.995. The number of rotatable bonds is 7. The number of benzene rings is 3. The van der Waals surface area contributed by atoms with E-state index in [-0.39, 0.29) is 17.8 Å². The van der Waals surface area contributed by atoms with Gasteiger partial charge in [-0.2, -0.15) is 5.26 Å². The van der Waals surface area contributed by atoms with Gasteiger partial charge >= 0.3 is 0 Å². The summed E-state index contributed by atoms with van der Waals surface area (Å²) >= 11 is 0. The lowest BCUT2D eigenvalue weighted by atomic mass is 9.78. The second kappa shape index (κ2) is 9.27. The van der Waals surface area contributed by atoms with E-state index in [1.807, 2.05) is 0 Å². The molecule has 3 aromatic rings. The van der Waals surface area contributed by atoms with Crippen LogP contribution in [0.4, 0.5) is 0 Å². The van der Waals surface area contributed by atoms with E-state index in [0.717, 1.165) is 5.56 Å². The standard InChI is InChI=1S/C26H19NO5/c27-16-18-7-11-20(12-8-18)32-14-13-31-19-9-5-17(6-10-19)15-23-24(28)21-3-1-2-4-22(21)25(29)26(23)30/h1-12,23H,13-15H2. The van der Waals surface area contributed by atoms with Crippen LogP contribution < -0.4 is 9.47 Å². The van der Waals surface area contributed by atoms with Crippen molar-refractivity contribution in [3.63, 3.8) is 0 Å². The fourth-order valence-corrected chi connectivity index (χ4v) is 3.58. The molecule has 6 nitrogen and oxygen atoms in total. The number of fused-ring (bicyclic) bond motifs is 1. The molecule has 1 aliphatic carbocycles. The van der Waals surface area contributed by atoms with E-state index in [4.69, 9.17) is 14.7 Å². The first-order chi connectivity index (χ1) is 15.6. The number of ether oxygens (including phenoxy) is 2. The molecule has 0 fully saturated rings. The van der Waals surface area contributed by atoms with E-state index in [1.54, 1.807) is 66.7 Å². The van der Waals surface area contributed by atoms with Crippen LogP contribution in [0.25, 0.3) is 0 Å². The quantitative estimate of drug-likeness (QED) is 0.325.